The van der Waals surface area contributed by atoms with E-state index in [1.807, 2.05) is 0 Å². The average molecular weight is 436 g/mol. The molecular formula is C24H24F4O3. The molecule has 7 heteroatoms. The van der Waals surface area contributed by atoms with Crippen LogP contribution in [0.15, 0.2) is 60.2 Å². The Kier molecular flexibility index (Phi) is 7.15. The maximum absolute atomic E-state index is 13.3. The lowest BCUT2D eigenvalue weighted by atomic mass is 9.84. The van der Waals surface area contributed by atoms with Crippen LogP contribution in [0, 0.1) is 17.7 Å². The lowest BCUT2D eigenvalue weighted by molar-refractivity contribution is -0.141. The molecule has 0 bridgehead atoms. The minimum atomic E-state index is -4.38. The average Bonchev–Trinajstić information content (AvgIpc) is 3.14. The monoisotopic (exact) mass is 436 g/mol. The van der Waals surface area contributed by atoms with Gasteiger partial charge >= 0.3 is 12.1 Å². The maximum atomic E-state index is 13.3. The second-order valence-corrected chi connectivity index (χ2v) is 7.70. The summed E-state index contributed by atoms with van der Waals surface area (Å²) in [5.41, 5.74) is 1.29. The first-order chi connectivity index (χ1) is 14.7. The van der Waals surface area contributed by atoms with Crippen molar-refractivity contribution < 1.29 is 31.8 Å². The molecule has 3 atom stereocenters. The van der Waals surface area contributed by atoms with Gasteiger partial charge in [-0.3, -0.25) is 0 Å². The Hall–Kier alpha value is -2.67. The Morgan fingerprint density at radius 2 is 1.77 bits per heavy atom. The number of ether oxygens (including phenoxy) is 2. The minimum absolute atomic E-state index is 0.0782. The number of allylic oxidation sites excluding steroid dienone is 1. The van der Waals surface area contributed by atoms with Gasteiger partial charge in [-0.25, -0.2) is 9.18 Å². The van der Waals surface area contributed by atoms with Gasteiger partial charge < -0.3 is 9.47 Å². The Morgan fingerprint density at radius 1 is 1.13 bits per heavy atom. The van der Waals surface area contributed by atoms with Crippen molar-refractivity contribution in [3.8, 4) is 0 Å². The molecule has 3 rings (SSSR count). The highest BCUT2D eigenvalue weighted by atomic mass is 19.4. The summed E-state index contributed by atoms with van der Waals surface area (Å²) in [7, 11) is 0. The van der Waals surface area contributed by atoms with E-state index in [4.69, 9.17) is 9.47 Å². The van der Waals surface area contributed by atoms with Crippen LogP contribution in [0.4, 0.5) is 17.6 Å². The molecule has 0 aromatic heterocycles. The first-order valence-corrected chi connectivity index (χ1v) is 10.0. The predicted octanol–water partition coefficient (Wildman–Crippen LogP) is 5.90. The Labute approximate surface area is 178 Å². The molecule has 0 unspecified atom stereocenters. The molecular weight excluding hydrogens is 412 g/mol. The number of rotatable bonds is 6. The first kappa shape index (κ1) is 23.0. The lowest BCUT2D eigenvalue weighted by Gasteiger charge is -2.23. The summed E-state index contributed by atoms with van der Waals surface area (Å²) in [5.74, 6) is -1.10. The summed E-state index contributed by atoms with van der Waals surface area (Å²) in [6.45, 7) is 3.85. The van der Waals surface area contributed by atoms with Gasteiger partial charge in [-0.1, -0.05) is 30.3 Å². The van der Waals surface area contributed by atoms with Gasteiger partial charge in [-0.15, -0.1) is 0 Å². The third-order valence-corrected chi connectivity index (χ3v) is 5.62. The number of carbonyl (C=O) groups is 1. The molecule has 0 saturated carbocycles. The highest BCUT2D eigenvalue weighted by molar-refractivity contribution is 5.87. The van der Waals surface area contributed by atoms with Gasteiger partial charge in [0.05, 0.1) is 24.9 Å². The van der Waals surface area contributed by atoms with E-state index >= 15 is 0 Å². The second-order valence-electron chi connectivity index (χ2n) is 7.70. The van der Waals surface area contributed by atoms with Crippen LogP contribution < -0.4 is 0 Å². The molecule has 1 saturated heterocycles. The predicted molar refractivity (Wildman–Crippen MR) is 108 cm³/mol. The van der Waals surface area contributed by atoms with E-state index in [0.717, 1.165) is 23.3 Å². The highest BCUT2D eigenvalue weighted by Crippen LogP contribution is 2.40. The van der Waals surface area contributed by atoms with Crippen LogP contribution in [0.25, 0.3) is 0 Å². The van der Waals surface area contributed by atoms with E-state index in [2.05, 4.69) is 0 Å². The van der Waals surface area contributed by atoms with Crippen molar-refractivity contribution in [3.63, 3.8) is 0 Å². The molecule has 0 radical (unpaired) electrons. The fraction of sp³-hybridized carbons (Fsp3) is 0.375. The van der Waals surface area contributed by atoms with Gasteiger partial charge in [0.2, 0.25) is 0 Å². The Morgan fingerprint density at radius 3 is 2.35 bits per heavy atom. The summed E-state index contributed by atoms with van der Waals surface area (Å²) in [5, 5.41) is 0. The molecule has 0 N–H and O–H groups in total. The van der Waals surface area contributed by atoms with Crippen LogP contribution in [0.2, 0.25) is 0 Å². The van der Waals surface area contributed by atoms with E-state index in [-0.39, 0.29) is 24.3 Å². The molecule has 2 aromatic carbocycles. The lowest BCUT2D eigenvalue weighted by Crippen LogP contribution is -2.24. The van der Waals surface area contributed by atoms with Crippen molar-refractivity contribution in [1.82, 2.24) is 0 Å². The van der Waals surface area contributed by atoms with Gasteiger partial charge in [-0.05, 0) is 61.6 Å². The van der Waals surface area contributed by atoms with Crippen molar-refractivity contribution in [1.29, 1.82) is 0 Å². The van der Waals surface area contributed by atoms with Crippen molar-refractivity contribution in [2.45, 2.75) is 32.5 Å². The highest BCUT2D eigenvalue weighted by Gasteiger charge is 2.39. The van der Waals surface area contributed by atoms with Gasteiger partial charge in [0, 0.05) is 11.5 Å². The summed E-state index contributed by atoms with van der Waals surface area (Å²) in [4.78, 5) is 12.1. The van der Waals surface area contributed by atoms with Gasteiger partial charge in [-0.2, -0.15) is 13.2 Å². The zero-order valence-electron chi connectivity index (χ0n) is 17.3. The number of hydrogen-bond donors (Lipinski definition) is 0. The van der Waals surface area contributed by atoms with E-state index in [0.29, 0.717) is 18.6 Å². The quantitative estimate of drug-likeness (QED) is 0.321. The summed E-state index contributed by atoms with van der Waals surface area (Å²) in [6.07, 6.45) is -2.66. The summed E-state index contributed by atoms with van der Waals surface area (Å²) in [6, 6.07) is 11.0. The van der Waals surface area contributed by atoms with Crippen LogP contribution in [-0.2, 0) is 26.9 Å². The molecule has 1 heterocycles. The number of hydrogen-bond acceptors (Lipinski definition) is 3. The largest absolute Gasteiger partial charge is 0.462 e. The van der Waals surface area contributed by atoms with E-state index in [9.17, 15) is 22.4 Å². The van der Waals surface area contributed by atoms with Crippen molar-refractivity contribution in [2.75, 3.05) is 13.2 Å². The zero-order valence-corrected chi connectivity index (χ0v) is 17.3. The number of alkyl halides is 3. The van der Waals surface area contributed by atoms with E-state index in [1.165, 1.54) is 24.3 Å². The van der Waals surface area contributed by atoms with Gasteiger partial charge in [0.25, 0.3) is 0 Å². The zero-order chi connectivity index (χ0) is 22.6. The van der Waals surface area contributed by atoms with Crippen molar-refractivity contribution >= 4 is 5.97 Å². The maximum Gasteiger partial charge on any atom is 0.416 e. The van der Waals surface area contributed by atoms with Crippen LogP contribution in [0.1, 0.15) is 36.6 Å². The molecule has 1 aliphatic heterocycles. The number of halogens is 4. The number of benzene rings is 2. The first-order valence-electron chi connectivity index (χ1n) is 10.0. The topological polar surface area (TPSA) is 35.5 Å². The molecule has 31 heavy (non-hydrogen) atoms. The molecule has 0 amide bonds. The number of carbonyl (C=O) groups excluding carboxylic acids is 1. The standard InChI is InChI=1S/C24H24F4O3/c1-3-15(2)23(29)31-14-21-18(12-16-4-8-19(9-5-16)24(26,27)28)13-30-22(21)17-6-10-20(25)11-7-17/h3-11,18,21-22H,12-14H2,1-2H3/b15-3-/t18-,21-,22+/m0/s1. The van der Waals surface area contributed by atoms with Gasteiger partial charge in [0.15, 0.2) is 0 Å². The van der Waals surface area contributed by atoms with Crippen LogP contribution in [0.5, 0.6) is 0 Å². The molecule has 3 nitrogen and oxygen atoms in total. The van der Waals surface area contributed by atoms with Crippen LogP contribution >= 0.6 is 0 Å². The molecule has 2 aromatic rings. The SMILES string of the molecule is C/C=C(/C)C(=O)OC[C@H]1[C@@H](Cc2ccc(C(F)(F)F)cc2)CO[C@@H]1c1ccc(F)cc1. The Bertz CT molecular complexity index is 917. The summed E-state index contributed by atoms with van der Waals surface area (Å²) >= 11 is 0. The molecule has 166 valence electrons. The molecule has 0 spiro atoms. The smallest absolute Gasteiger partial charge is 0.416 e. The fourth-order valence-corrected chi connectivity index (χ4v) is 3.69. The fourth-order valence-electron chi connectivity index (χ4n) is 3.69. The van der Waals surface area contributed by atoms with Crippen LogP contribution in [-0.4, -0.2) is 19.2 Å². The minimum Gasteiger partial charge on any atom is -0.462 e. The van der Waals surface area contributed by atoms with E-state index < -0.39 is 23.8 Å². The van der Waals surface area contributed by atoms with Gasteiger partial charge in [0.1, 0.15) is 5.82 Å². The van der Waals surface area contributed by atoms with E-state index in [1.54, 1.807) is 32.1 Å². The third-order valence-electron chi connectivity index (χ3n) is 5.62. The third kappa shape index (κ3) is 5.73. The van der Waals surface area contributed by atoms with Crippen molar-refractivity contribution in [2.24, 2.45) is 11.8 Å². The Balaban J connectivity index is 1.78. The summed E-state index contributed by atoms with van der Waals surface area (Å²) < 4.78 is 63.3. The molecule has 1 aliphatic rings. The molecule has 1 fully saturated rings. The normalized spacial score (nSPS) is 21.9. The van der Waals surface area contributed by atoms with Crippen LogP contribution in [0.3, 0.4) is 0 Å². The molecule has 0 aliphatic carbocycles. The number of esters is 1. The second kappa shape index (κ2) is 9.64. The van der Waals surface area contributed by atoms with Crippen molar-refractivity contribution in [3.05, 3.63) is 82.7 Å².